The molecule has 0 radical (unpaired) electrons. The average molecular weight is 225 g/mol. The highest BCUT2D eigenvalue weighted by Crippen LogP contribution is 2.38. The van der Waals surface area contributed by atoms with E-state index in [1.807, 2.05) is 13.0 Å². The van der Waals surface area contributed by atoms with Crippen LogP contribution >= 0.6 is 23.4 Å². The summed E-state index contributed by atoms with van der Waals surface area (Å²) in [6.45, 7) is 2.02. The zero-order valence-electron chi connectivity index (χ0n) is 7.71. The summed E-state index contributed by atoms with van der Waals surface area (Å²) in [5.74, 6) is 0.679. The molecule has 0 atom stereocenters. The first-order chi connectivity index (χ1) is 6.72. The Labute approximate surface area is 92.1 Å². The zero-order valence-corrected chi connectivity index (χ0v) is 9.28. The standard InChI is InChI=1S/C11H9ClOS/c1-7-2-3-10-9(4-7)11(12)8(5-13)6-14-10/h2-5H,6H2,1H3. The minimum Gasteiger partial charge on any atom is -0.298 e. The average Bonchev–Trinajstić information content (AvgIpc) is 2.20. The Kier molecular flexibility index (Phi) is 2.66. The van der Waals surface area contributed by atoms with E-state index >= 15 is 0 Å². The first kappa shape index (κ1) is 9.81. The van der Waals surface area contributed by atoms with Gasteiger partial charge < -0.3 is 0 Å². The van der Waals surface area contributed by atoms with E-state index in [1.54, 1.807) is 11.8 Å². The van der Waals surface area contributed by atoms with Gasteiger partial charge in [-0.15, -0.1) is 11.8 Å². The number of aryl methyl sites for hydroxylation is 1. The van der Waals surface area contributed by atoms with Crippen LogP contribution in [0.5, 0.6) is 0 Å². The summed E-state index contributed by atoms with van der Waals surface area (Å²) in [7, 11) is 0. The van der Waals surface area contributed by atoms with Crippen LogP contribution in [0, 0.1) is 6.92 Å². The second-order valence-electron chi connectivity index (χ2n) is 3.25. The van der Waals surface area contributed by atoms with E-state index < -0.39 is 0 Å². The Morgan fingerprint density at radius 3 is 3.00 bits per heavy atom. The van der Waals surface area contributed by atoms with Gasteiger partial charge >= 0.3 is 0 Å². The highest BCUT2D eigenvalue weighted by atomic mass is 35.5. The number of thioether (sulfide) groups is 1. The summed E-state index contributed by atoms with van der Waals surface area (Å²) in [6, 6.07) is 6.13. The Morgan fingerprint density at radius 2 is 2.29 bits per heavy atom. The molecule has 0 bridgehead atoms. The van der Waals surface area contributed by atoms with Crippen LogP contribution in [0.3, 0.4) is 0 Å². The van der Waals surface area contributed by atoms with Gasteiger partial charge in [0.05, 0.1) is 5.03 Å². The van der Waals surface area contributed by atoms with Crippen LogP contribution in [-0.2, 0) is 4.79 Å². The lowest BCUT2D eigenvalue weighted by molar-refractivity contribution is -0.104. The number of fused-ring (bicyclic) bond motifs is 1. The van der Waals surface area contributed by atoms with Crippen LogP contribution < -0.4 is 0 Å². The molecule has 1 aliphatic rings. The van der Waals surface area contributed by atoms with Gasteiger partial charge in [0.25, 0.3) is 0 Å². The fraction of sp³-hybridized carbons (Fsp3) is 0.182. The van der Waals surface area contributed by atoms with Crippen molar-refractivity contribution in [1.82, 2.24) is 0 Å². The molecule has 0 unspecified atom stereocenters. The molecule has 2 rings (SSSR count). The minimum atomic E-state index is 0.609. The van der Waals surface area contributed by atoms with E-state index in [4.69, 9.17) is 11.6 Å². The number of hydrogen-bond acceptors (Lipinski definition) is 2. The van der Waals surface area contributed by atoms with Crippen molar-refractivity contribution in [3.8, 4) is 0 Å². The van der Waals surface area contributed by atoms with E-state index in [-0.39, 0.29) is 0 Å². The lowest BCUT2D eigenvalue weighted by Crippen LogP contribution is -2.00. The van der Waals surface area contributed by atoms with E-state index in [0.717, 1.165) is 22.3 Å². The van der Waals surface area contributed by atoms with Gasteiger partial charge in [0, 0.05) is 21.8 Å². The Morgan fingerprint density at radius 1 is 1.50 bits per heavy atom. The molecule has 1 nitrogen and oxygen atoms in total. The maximum absolute atomic E-state index is 10.7. The van der Waals surface area contributed by atoms with Crippen LogP contribution in [0.4, 0.5) is 0 Å². The molecule has 0 aromatic heterocycles. The van der Waals surface area contributed by atoms with Crippen molar-refractivity contribution in [2.45, 2.75) is 11.8 Å². The van der Waals surface area contributed by atoms with Crippen LogP contribution in [0.15, 0.2) is 28.7 Å². The SMILES string of the molecule is Cc1ccc2c(c1)C(Cl)=C(C=O)CS2. The molecular weight excluding hydrogens is 216 g/mol. The van der Waals surface area contributed by atoms with Crippen LogP contribution in [-0.4, -0.2) is 12.0 Å². The molecule has 0 spiro atoms. The molecule has 0 aliphatic carbocycles. The summed E-state index contributed by atoms with van der Waals surface area (Å²) < 4.78 is 0. The van der Waals surface area contributed by atoms with E-state index in [0.29, 0.717) is 16.4 Å². The van der Waals surface area contributed by atoms with Gasteiger partial charge in [-0.1, -0.05) is 23.2 Å². The maximum Gasteiger partial charge on any atom is 0.148 e. The number of carbonyl (C=O) groups is 1. The maximum atomic E-state index is 10.7. The largest absolute Gasteiger partial charge is 0.298 e. The van der Waals surface area contributed by atoms with Crippen molar-refractivity contribution < 1.29 is 4.79 Å². The summed E-state index contributed by atoms with van der Waals surface area (Å²) in [5, 5.41) is 0.609. The fourth-order valence-electron chi connectivity index (χ4n) is 1.42. The number of halogens is 1. The molecule has 0 saturated carbocycles. The first-order valence-electron chi connectivity index (χ1n) is 4.30. The molecule has 1 heterocycles. The van der Waals surface area contributed by atoms with Crippen LogP contribution in [0.2, 0.25) is 0 Å². The topological polar surface area (TPSA) is 17.1 Å². The van der Waals surface area contributed by atoms with Crippen molar-refractivity contribution in [3.63, 3.8) is 0 Å². The van der Waals surface area contributed by atoms with Gasteiger partial charge in [-0.2, -0.15) is 0 Å². The molecule has 0 saturated heterocycles. The molecule has 1 aromatic rings. The summed E-state index contributed by atoms with van der Waals surface area (Å²) in [6.07, 6.45) is 0.848. The van der Waals surface area contributed by atoms with Gasteiger partial charge in [0.15, 0.2) is 0 Å². The minimum absolute atomic E-state index is 0.609. The van der Waals surface area contributed by atoms with Crippen LogP contribution in [0.25, 0.3) is 5.03 Å². The third-order valence-electron chi connectivity index (χ3n) is 2.18. The van der Waals surface area contributed by atoms with Gasteiger partial charge in [0.1, 0.15) is 6.29 Å². The number of rotatable bonds is 1. The smallest absolute Gasteiger partial charge is 0.148 e. The number of carbonyl (C=O) groups excluding carboxylic acids is 1. The molecule has 0 fully saturated rings. The number of benzene rings is 1. The van der Waals surface area contributed by atoms with Gasteiger partial charge in [-0.05, 0) is 19.1 Å². The summed E-state index contributed by atoms with van der Waals surface area (Å²) in [5.41, 5.74) is 2.84. The molecular formula is C11H9ClOS. The Hall–Kier alpha value is -0.730. The fourth-order valence-corrected chi connectivity index (χ4v) is 2.83. The van der Waals surface area contributed by atoms with Gasteiger partial charge in [-0.25, -0.2) is 0 Å². The van der Waals surface area contributed by atoms with Crippen molar-refractivity contribution in [2.75, 3.05) is 5.75 Å². The predicted molar refractivity (Wildman–Crippen MR) is 60.7 cm³/mol. The van der Waals surface area contributed by atoms with Gasteiger partial charge in [-0.3, -0.25) is 4.79 Å². The molecule has 3 heteroatoms. The second kappa shape index (κ2) is 3.79. The summed E-state index contributed by atoms with van der Waals surface area (Å²) >= 11 is 7.78. The number of hydrogen-bond donors (Lipinski definition) is 0. The van der Waals surface area contributed by atoms with Crippen molar-refractivity contribution >= 4 is 34.7 Å². The van der Waals surface area contributed by atoms with E-state index in [2.05, 4.69) is 12.1 Å². The van der Waals surface area contributed by atoms with Gasteiger partial charge in [0.2, 0.25) is 0 Å². The summed E-state index contributed by atoms with van der Waals surface area (Å²) in [4.78, 5) is 11.9. The molecule has 0 N–H and O–H groups in total. The highest BCUT2D eigenvalue weighted by molar-refractivity contribution is 7.99. The normalized spacial score (nSPS) is 15.3. The highest BCUT2D eigenvalue weighted by Gasteiger charge is 2.17. The first-order valence-corrected chi connectivity index (χ1v) is 5.66. The predicted octanol–water partition coefficient (Wildman–Crippen LogP) is 3.25. The second-order valence-corrected chi connectivity index (χ2v) is 4.64. The monoisotopic (exact) mass is 224 g/mol. The van der Waals surface area contributed by atoms with Crippen molar-refractivity contribution in [3.05, 3.63) is 34.9 Å². The third-order valence-corrected chi connectivity index (χ3v) is 3.75. The molecule has 72 valence electrons. The third kappa shape index (κ3) is 1.60. The molecule has 14 heavy (non-hydrogen) atoms. The molecule has 1 aliphatic heterocycles. The van der Waals surface area contributed by atoms with Crippen molar-refractivity contribution in [2.24, 2.45) is 0 Å². The van der Waals surface area contributed by atoms with Crippen molar-refractivity contribution in [1.29, 1.82) is 0 Å². The van der Waals surface area contributed by atoms with E-state index in [9.17, 15) is 4.79 Å². The lowest BCUT2D eigenvalue weighted by atomic mass is 10.1. The molecule has 0 amide bonds. The number of aldehydes is 1. The molecule has 1 aromatic carbocycles. The lowest BCUT2D eigenvalue weighted by Gasteiger charge is -2.16. The zero-order chi connectivity index (χ0) is 10.1. The Bertz CT molecular complexity index is 423. The Balaban J connectivity index is 2.60. The van der Waals surface area contributed by atoms with E-state index in [1.165, 1.54) is 0 Å². The van der Waals surface area contributed by atoms with Crippen LogP contribution in [0.1, 0.15) is 11.1 Å². The quantitative estimate of drug-likeness (QED) is 0.682.